The van der Waals surface area contributed by atoms with E-state index in [0.29, 0.717) is 55.9 Å². The molecule has 2 aliphatic rings. The Bertz CT molecular complexity index is 1150. The van der Waals surface area contributed by atoms with Crippen LogP contribution >= 0.6 is 11.8 Å². The third-order valence-electron chi connectivity index (χ3n) is 5.53. The summed E-state index contributed by atoms with van der Waals surface area (Å²) in [5.41, 5.74) is 0.644. The minimum absolute atomic E-state index is 0.00917. The van der Waals surface area contributed by atoms with E-state index >= 15 is 0 Å². The summed E-state index contributed by atoms with van der Waals surface area (Å²) in [6.07, 6.45) is 1.81. The fourth-order valence-electron chi connectivity index (χ4n) is 3.78. The van der Waals surface area contributed by atoms with Gasteiger partial charge in [-0.15, -0.1) is 5.10 Å². The number of rotatable bonds is 8. The molecule has 2 N–H and O–H groups in total. The third kappa shape index (κ3) is 5.66. The summed E-state index contributed by atoms with van der Waals surface area (Å²) in [6, 6.07) is 4.81. The van der Waals surface area contributed by atoms with Crippen molar-refractivity contribution in [3.8, 4) is 0 Å². The number of carbonyl (C=O) groups excluding carboxylic acids is 1. The second kappa shape index (κ2) is 10.4. The van der Waals surface area contributed by atoms with Gasteiger partial charge in [0.15, 0.2) is 5.16 Å². The van der Waals surface area contributed by atoms with Crippen molar-refractivity contribution >= 4 is 33.4 Å². The molecule has 0 radical (unpaired) electrons. The van der Waals surface area contributed by atoms with Gasteiger partial charge in [-0.05, 0) is 37.5 Å². The van der Waals surface area contributed by atoms with Crippen LogP contribution in [0.4, 0.5) is 5.69 Å². The Morgan fingerprint density at radius 1 is 1.30 bits per heavy atom. The van der Waals surface area contributed by atoms with Gasteiger partial charge in [-0.3, -0.25) is 9.36 Å². The number of aromatic amines is 1. The molecule has 0 spiro atoms. The summed E-state index contributed by atoms with van der Waals surface area (Å²) >= 11 is 1.13. The standard InChI is InChI=1S/C20H27N5O6S2/c1-14-4-5-15(11-17(14)33(28,29)24-6-9-30-10-7-24)21-18(26)13-32-20-23-22-19(27)25(20)12-16-3-2-8-31-16/h4-5,11,16H,2-3,6-10,12-13H2,1H3,(H,21,26)(H,22,27). The molecule has 180 valence electrons. The Labute approximate surface area is 195 Å². The van der Waals surface area contributed by atoms with Gasteiger partial charge in [-0.25, -0.2) is 18.3 Å². The van der Waals surface area contributed by atoms with Crippen LogP contribution in [0.25, 0.3) is 0 Å². The Morgan fingerprint density at radius 3 is 2.82 bits per heavy atom. The van der Waals surface area contributed by atoms with Gasteiger partial charge in [0.2, 0.25) is 15.9 Å². The van der Waals surface area contributed by atoms with Crippen LogP contribution in [0.2, 0.25) is 0 Å². The van der Waals surface area contributed by atoms with E-state index in [0.717, 1.165) is 24.6 Å². The van der Waals surface area contributed by atoms with Gasteiger partial charge in [-0.2, -0.15) is 4.31 Å². The zero-order valence-electron chi connectivity index (χ0n) is 18.3. The first-order valence-electron chi connectivity index (χ1n) is 10.7. The number of ether oxygens (including phenoxy) is 2. The summed E-state index contributed by atoms with van der Waals surface area (Å²) in [7, 11) is -3.69. The average Bonchev–Trinajstić information content (AvgIpc) is 3.45. The van der Waals surface area contributed by atoms with Crippen LogP contribution in [0.1, 0.15) is 18.4 Å². The number of H-pyrrole nitrogens is 1. The number of hydrogen-bond acceptors (Lipinski definition) is 8. The maximum absolute atomic E-state index is 13.0. The lowest BCUT2D eigenvalue weighted by molar-refractivity contribution is -0.113. The topological polar surface area (TPSA) is 136 Å². The Balaban J connectivity index is 1.40. The molecule has 1 unspecified atom stereocenters. The fourth-order valence-corrected chi connectivity index (χ4v) is 6.19. The average molecular weight is 498 g/mol. The molecule has 4 rings (SSSR count). The summed E-state index contributed by atoms with van der Waals surface area (Å²) in [5, 5.41) is 9.56. The summed E-state index contributed by atoms with van der Waals surface area (Å²) < 4.78 is 39.8. The molecule has 0 bridgehead atoms. The largest absolute Gasteiger partial charge is 0.379 e. The molecule has 2 fully saturated rings. The maximum Gasteiger partial charge on any atom is 0.344 e. The molecule has 11 nitrogen and oxygen atoms in total. The highest BCUT2D eigenvalue weighted by atomic mass is 32.2. The quantitative estimate of drug-likeness (QED) is 0.512. The third-order valence-corrected chi connectivity index (χ3v) is 8.54. The lowest BCUT2D eigenvalue weighted by atomic mass is 10.2. The van der Waals surface area contributed by atoms with Crippen molar-refractivity contribution in [3.63, 3.8) is 0 Å². The highest BCUT2D eigenvalue weighted by Gasteiger charge is 2.28. The number of carbonyl (C=O) groups is 1. The monoisotopic (exact) mass is 497 g/mol. The van der Waals surface area contributed by atoms with Gasteiger partial charge in [0.25, 0.3) is 0 Å². The number of anilines is 1. The number of nitrogens with one attached hydrogen (secondary N) is 2. The molecule has 0 saturated carbocycles. The summed E-state index contributed by atoms with van der Waals surface area (Å²) in [5.74, 6) is -0.326. The smallest absolute Gasteiger partial charge is 0.344 e. The van der Waals surface area contributed by atoms with E-state index in [9.17, 15) is 18.0 Å². The molecule has 2 saturated heterocycles. The molecule has 0 aliphatic carbocycles. The normalized spacial score (nSPS) is 19.6. The van der Waals surface area contributed by atoms with Crippen LogP contribution in [0.15, 0.2) is 33.0 Å². The van der Waals surface area contributed by atoms with Crippen LogP contribution in [-0.2, 0) is 30.8 Å². The predicted octanol–water partition coefficient (Wildman–Crippen LogP) is 0.811. The van der Waals surface area contributed by atoms with Gasteiger partial charge in [0.05, 0.1) is 36.5 Å². The Hall–Kier alpha value is -2.19. The number of amides is 1. The van der Waals surface area contributed by atoms with Crippen molar-refractivity contribution in [2.45, 2.75) is 42.5 Å². The van der Waals surface area contributed by atoms with E-state index in [4.69, 9.17) is 9.47 Å². The van der Waals surface area contributed by atoms with Crippen LogP contribution in [0.3, 0.4) is 0 Å². The molecule has 2 aliphatic heterocycles. The minimum Gasteiger partial charge on any atom is -0.379 e. The Kier molecular flexibility index (Phi) is 7.54. The van der Waals surface area contributed by atoms with Gasteiger partial charge >= 0.3 is 5.69 Å². The predicted molar refractivity (Wildman–Crippen MR) is 122 cm³/mol. The van der Waals surface area contributed by atoms with E-state index in [2.05, 4.69) is 15.5 Å². The minimum atomic E-state index is -3.69. The van der Waals surface area contributed by atoms with Crippen molar-refractivity contribution in [1.82, 2.24) is 19.1 Å². The molecule has 1 amide bonds. The highest BCUT2D eigenvalue weighted by molar-refractivity contribution is 7.99. The van der Waals surface area contributed by atoms with Crippen LogP contribution in [0.5, 0.6) is 0 Å². The first kappa shape index (κ1) is 24.0. The molecule has 33 heavy (non-hydrogen) atoms. The molecule has 3 heterocycles. The first-order chi connectivity index (χ1) is 15.8. The van der Waals surface area contributed by atoms with E-state index in [1.54, 1.807) is 19.1 Å². The zero-order valence-corrected chi connectivity index (χ0v) is 19.9. The maximum atomic E-state index is 13.0. The second-order valence-corrected chi connectivity index (χ2v) is 10.7. The van der Waals surface area contributed by atoms with Crippen LogP contribution < -0.4 is 11.0 Å². The Morgan fingerprint density at radius 2 is 2.09 bits per heavy atom. The number of aromatic nitrogens is 3. The van der Waals surface area contributed by atoms with Crippen molar-refractivity contribution in [3.05, 3.63) is 34.2 Å². The fraction of sp³-hybridized carbons (Fsp3) is 0.550. The summed E-state index contributed by atoms with van der Waals surface area (Å²) in [4.78, 5) is 24.8. The van der Waals surface area contributed by atoms with Crippen molar-refractivity contribution < 1.29 is 22.7 Å². The van der Waals surface area contributed by atoms with Crippen molar-refractivity contribution in [1.29, 1.82) is 0 Å². The number of benzene rings is 1. The number of hydrogen-bond donors (Lipinski definition) is 2. The summed E-state index contributed by atoms with van der Waals surface area (Å²) in [6.45, 7) is 4.11. The van der Waals surface area contributed by atoms with Crippen molar-refractivity contribution in [2.24, 2.45) is 0 Å². The number of aryl methyl sites for hydroxylation is 1. The molecular formula is C20H27N5O6S2. The SMILES string of the molecule is Cc1ccc(NC(=O)CSc2n[nH]c(=O)n2CC2CCCO2)cc1S(=O)(=O)N1CCOCC1. The second-order valence-electron chi connectivity index (χ2n) is 7.89. The molecule has 1 aromatic heterocycles. The van der Waals surface area contributed by atoms with E-state index < -0.39 is 10.0 Å². The first-order valence-corrected chi connectivity index (χ1v) is 13.1. The molecule has 13 heteroatoms. The highest BCUT2D eigenvalue weighted by Crippen LogP contribution is 2.25. The van der Waals surface area contributed by atoms with Crippen molar-refractivity contribution in [2.75, 3.05) is 44.0 Å². The van der Waals surface area contributed by atoms with Gasteiger partial charge in [-0.1, -0.05) is 17.8 Å². The van der Waals surface area contributed by atoms with E-state index in [1.807, 2.05) is 0 Å². The van der Waals surface area contributed by atoms with Gasteiger partial charge in [0, 0.05) is 25.4 Å². The molecular weight excluding hydrogens is 470 g/mol. The van der Waals surface area contributed by atoms with Gasteiger partial charge < -0.3 is 14.8 Å². The molecule has 1 atom stereocenters. The van der Waals surface area contributed by atoms with E-state index in [1.165, 1.54) is 14.9 Å². The lowest BCUT2D eigenvalue weighted by Gasteiger charge is -2.26. The van der Waals surface area contributed by atoms with Gasteiger partial charge in [0.1, 0.15) is 0 Å². The molecule has 2 aromatic rings. The van der Waals surface area contributed by atoms with Crippen LogP contribution in [-0.4, -0.2) is 78.2 Å². The number of morpholine rings is 1. The number of nitrogens with zero attached hydrogens (tertiary/aromatic N) is 3. The molecule has 1 aromatic carbocycles. The number of sulfonamides is 1. The van der Waals surface area contributed by atoms with E-state index in [-0.39, 0.29) is 28.3 Å². The zero-order chi connectivity index (χ0) is 23.4. The number of thioether (sulfide) groups is 1. The van der Waals surface area contributed by atoms with Crippen LogP contribution in [0, 0.1) is 6.92 Å². The lowest BCUT2D eigenvalue weighted by Crippen LogP contribution is -2.40.